The van der Waals surface area contributed by atoms with Gasteiger partial charge in [0.2, 0.25) is 5.91 Å². The maximum atomic E-state index is 12.5. The van der Waals surface area contributed by atoms with E-state index in [9.17, 15) is 4.79 Å². The maximum absolute atomic E-state index is 12.5. The zero-order chi connectivity index (χ0) is 15.6. The number of hydrogen-bond donors (Lipinski definition) is 1. The highest BCUT2D eigenvalue weighted by molar-refractivity contribution is 9.10. The molecular weight excluding hydrogens is 328 g/mol. The Balaban J connectivity index is 2.21. The Morgan fingerprint density at radius 1 is 1.19 bits per heavy atom. The van der Waals surface area contributed by atoms with E-state index >= 15 is 0 Å². The number of halogens is 1. The predicted octanol–water partition coefficient (Wildman–Crippen LogP) is 3.85. The van der Waals surface area contributed by atoms with Gasteiger partial charge >= 0.3 is 0 Å². The zero-order valence-corrected chi connectivity index (χ0v) is 14.1. The van der Waals surface area contributed by atoms with Crippen LogP contribution in [0.15, 0.2) is 40.9 Å². The van der Waals surface area contributed by atoms with Crippen molar-refractivity contribution in [2.45, 2.75) is 20.3 Å². The van der Waals surface area contributed by atoms with Crippen LogP contribution in [-0.4, -0.2) is 13.0 Å². The van der Waals surface area contributed by atoms with Gasteiger partial charge in [0.25, 0.3) is 0 Å². The number of nitrogens with zero attached hydrogens (tertiary/aromatic N) is 1. The van der Waals surface area contributed by atoms with Gasteiger partial charge < -0.3 is 10.6 Å². The number of nitrogens with two attached hydrogens (primary N) is 1. The molecule has 0 aliphatic rings. The first kappa shape index (κ1) is 15.6. The number of rotatable bonds is 3. The van der Waals surface area contributed by atoms with Crippen molar-refractivity contribution in [1.29, 1.82) is 0 Å². The number of carbonyl (C=O) groups is 1. The molecule has 4 heteroatoms. The van der Waals surface area contributed by atoms with Crippen molar-refractivity contribution in [3.8, 4) is 0 Å². The molecule has 0 unspecified atom stereocenters. The van der Waals surface area contributed by atoms with Gasteiger partial charge in [-0.15, -0.1) is 0 Å². The van der Waals surface area contributed by atoms with Crippen LogP contribution in [0.3, 0.4) is 0 Å². The molecule has 0 bridgehead atoms. The van der Waals surface area contributed by atoms with Gasteiger partial charge in [0, 0.05) is 11.5 Å². The molecule has 110 valence electrons. The molecule has 1 amide bonds. The van der Waals surface area contributed by atoms with Crippen LogP contribution in [0.2, 0.25) is 0 Å². The number of likely N-dealkylation sites (N-methyl/N-ethyl adjacent to an activating group) is 1. The molecule has 0 aliphatic carbocycles. The topological polar surface area (TPSA) is 46.3 Å². The lowest BCUT2D eigenvalue weighted by molar-refractivity contribution is -0.117. The fraction of sp³-hybridized carbons (Fsp3) is 0.235. The van der Waals surface area contributed by atoms with E-state index in [1.807, 2.05) is 32.0 Å². The van der Waals surface area contributed by atoms with Gasteiger partial charge in [0.1, 0.15) is 0 Å². The van der Waals surface area contributed by atoms with Crippen molar-refractivity contribution in [2.75, 3.05) is 17.7 Å². The largest absolute Gasteiger partial charge is 0.397 e. The van der Waals surface area contributed by atoms with Gasteiger partial charge in [-0.05, 0) is 43.2 Å². The predicted molar refractivity (Wildman–Crippen MR) is 91.6 cm³/mol. The summed E-state index contributed by atoms with van der Waals surface area (Å²) < 4.78 is 0.902. The molecule has 0 atom stereocenters. The van der Waals surface area contributed by atoms with Gasteiger partial charge in [-0.1, -0.05) is 39.7 Å². The first-order valence-corrected chi connectivity index (χ1v) is 7.55. The molecule has 0 spiro atoms. The van der Waals surface area contributed by atoms with E-state index in [-0.39, 0.29) is 5.91 Å². The highest BCUT2D eigenvalue weighted by atomic mass is 79.9. The highest BCUT2D eigenvalue weighted by Gasteiger charge is 2.15. The Kier molecular flexibility index (Phi) is 4.68. The fourth-order valence-electron chi connectivity index (χ4n) is 2.24. The summed E-state index contributed by atoms with van der Waals surface area (Å²) in [6.07, 6.45) is 0.375. The van der Waals surface area contributed by atoms with Gasteiger partial charge in [0.05, 0.1) is 17.8 Å². The van der Waals surface area contributed by atoms with E-state index in [1.54, 1.807) is 18.0 Å². The van der Waals surface area contributed by atoms with Crippen molar-refractivity contribution >= 4 is 33.2 Å². The smallest absolute Gasteiger partial charge is 0.231 e. The van der Waals surface area contributed by atoms with Crippen molar-refractivity contribution in [2.24, 2.45) is 0 Å². The van der Waals surface area contributed by atoms with E-state index in [4.69, 9.17) is 5.73 Å². The Labute approximate surface area is 133 Å². The second-order valence-corrected chi connectivity index (χ2v) is 6.18. The van der Waals surface area contributed by atoms with Crippen LogP contribution in [0.25, 0.3) is 0 Å². The Bertz CT molecular complexity index is 682. The van der Waals surface area contributed by atoms with Crippen LogP contribution >= 0.6 is 15.9 Å². The second-order valence-electron chi connectivity index (χ2n) is 5.26. The summed E-state index contributed by atoms with van der Waals surface area (Å²) in [4.78, 5) is 14.1. The summed E-state index contributed by atoms with van der Waals surface area (Å²) in [5, 5.41) is 0. The van der Waals surface area contributed by atoms with E-state index in [1.165, 1.54) is 0 Å². The molecule has 0 aromatic heterocycles. The van der Waals surface area contributed by atoms with Crippen molar-refractivity contribution in [3.05, 3.63) is 57.6 Å². The first-order valence-electron chi connectivity index (χ1n) is 6.76. The molecular formula is C17H19BrN2O. The first-order chi connectivity index (χ1) is 9.88. The normalized spacial score (nSPS) is 10.5. The summed E-state index contributed by atoms with van der Waals surface area (Å²) in [5.74, 6) is 0.0257. The number of aryl methyl sites for hydroxylation is 2. The summed E-state index contributed by atoms with van der Waals surface area (Å²) in [7, 11) is 1.76. The zero-order valence-electron chi connectivity index (χ0n) is 12.5. The van der Waals surface area contributed by atoms with E-state index in [2.05, 4.69) is 28.1 Å². The van der Waals surface area contributed by atoms with Gasteiger partial charge in [0.15, 0.2) is 0 Å². The molecule has 0 aliphatic heterocycles. The summed E-state index contributed by atoms with van der Waals surface area (Å²) in [6.45, 7) is 4.06. The summed E-state index contributed by atoms with van der Waals surface area (Å²) in [6, 6.07) is 11.7. The molecule has 21 heavy (non-hydrogen) atoms. The van der Waals surface area contributed by atoms with Crippen molar-refractivity contribution in [3.63, 3.8) is 0 Å². The van der Waals surface area contributed by atoms with Crippen LogP contribution in [0, 0.1) is 13.8 Å². The molecule has 2 aromatic carbocycles. The van der Waals surface area contributed by atoms with Crippen LogP contribution < -0.4 is 10.6 Å². The van der Waals surface area contributed by atoms with Gasteiger partial charge in [-0.3, -0.25) is 4.79 Å². The number of carbonyl (C=O) groups excluding carboxylic acids is 1. The lowest BCUT2D eigenvalue weighted by Gasteiger charge is -2.20. The number of amides is 1. The molecule has 0 radical (unpaired) electrons. The Morgan fingerprint density at radius 2 is 1.90 bits per heavy atom. The highest BCUT2D eigenvalue weighted by Crippen LogP contribution is 2.26. The maximum Gasteiger partial charge on any atom is 0.231 e. The monoisotopic (exact) mass is 346 g/mol. The number of nitrogen functional groups attached to an aromatic ring is 1. The van der Waals surface area contributed by atoms with Crippen molar-refractivity contribution in [1.82, 2.24) is 0 Å². The van der Waals surface area contributed by atoms with Gasteiger partial charge in [-0.2, -0.15) is 0 Å². The SMILES string of the molecule is Cc1ccc(C)c(CC(=O)N(C)c2ccc(Br)cc2N)c1. The van der Waals surface area contributed by atoms with E-state index < -0.39 is 0 Å². The fourth-order valence-corrected chi connectivity index (χ4v) is 2.62. The molecule has 2 aromatic rings. The Morgan fingerprint density at radius 3 is 2.57 bits per heavy atom. The summed E-state index contributed by atoms with van der Waals surface area (Å²) >= 11 is 3.37. The minimum atomic E-state index is 0.0257. The standard InChI is InChI=1S/C17H19BrN2O/c1-11-4-5-12(2)13(8-11)9-17(21)20(3)16-7-6-14(18)10-15(16)19/h4-8,10H,9,19H2,1-3H3. The molecule has 0 saturated heterocycles. The Hall–Kier alpha value is -1.81. The second kappa shape index (κ2) is 6.31. The summed E-state index contributed by atoms with van der Waals surface area (Å²) in [5.41, 5.74) is 10.6. The van der Waals surface area contributed by atoms with Crippen LogP contribution in [0.5, 0.6) is 0 Å². The van der Waals surface area contributed by atoms with Crippen LogP contribution in [0.4, 0.5) is 11.4 Å². The number of benzene rings is 2. The lowest BCUT2D eigenvalue weighted by Crippen LogP contribution is -2.28. The van der Waals surface area contributed by atoms with Crippen molar-refractivity contribution < 1.29 is 4.79 Å². The third-order valence-corrected chi connectivity index (χ3v) is 4.06. The average Bonchev–Trinajstić information content (AvgIpc) is 2.42. The molecule has 0 fully saturated rings. The third-order valence-electron chi connectivity index (χ3n) is 3.57. The van der Waals surface area contributed by atoms with Crippen LogP contribution in [0.1, 0.15) is 16.7 Å². The average molecular weight is 347 g/mol. The molecule has 0 saturated carbocycles. The number of hydrogen-bond acceptors (Lipinski definition) is 2. The lowest BCUT2D eigenvalue weighted by atomic mass is 10.0. The quantitative estimate of drug-likeness (QED) is 0.857. The minimum Gasteiger partial charge on any atom is -0.397 e. The van der Waals surface area contributed by atoms with Gasteiger partial charge in [-0.25, -0.2) is 0 Å². The third kappa shape index (κ3) is 3.64. The minimum absolute atomic E-state index is 0.0257. The molecule has 2 rings (SSSR count). The van der Waals surface area contributed by atoms with E-state index in [0.717, 1.165) is 26.9 Å². The number of anilines is 2. The molecule has 3 nitrogen and oxygen atoms in total. The van der Waals surface area contributed by atoms with Crippen LogP contribution in [-0.2, 0) is 11.2 Å². The molecule has 2 N–H and O–H groups in total. The van der Waals surface area contributed by atoms with E-state index in [0.29, 0.717) is 12.1 Å². The molecule has 0 heterocycles.